The van der Waals surface area contributed by atoms with Gasteiger partial charge in [-0.1, -0.05) is 30.3 Å². The van der Waals surface area contributed by atoms with E-state index in [1.165, 1.54) is 5.56 Å². The Labute approximate surface area is 213 Å². The van der Waals surface area contributed by atoms with Gasteiger partial charge in [-0.15, -0.1) is 0 Å². The largest absolute Gasteiger partial charge is 0.489 e. The van der Waals surface area contributed by atoms with Crippen molar-refractivity contribution < 1.29 is 23.9 Å². The van der Waals surface area contributed by atoms with Gasteiger partial charge in [0, 0.05) is 43.2 Å². The number of fused-ring (bicyclic) bond motifs is 1. The van der Waals surface area contributed by atoms with Gasteiger partial charge in [0.15, 0.2) is 0 Å². The molecule has 3 amide bonds. The number of nitrogens with zero attached hydrogens (tertiary/aromatic N) is 2. The van der Waals surface area contributed by atoms with Crippen LogP contribution < -0.4 is 10.1 Å². The molecule has 184 valence electrons. The smallest absolute Gasteiger partial charge is 0.255 e. The maximum Gasteiger partial charge on any atom is 0.255 e. The number of amides is 3. The lowest BCUT2D eigenvalue weighted by atomic mass is 9.60. The first-order chi connectivity index (χ1) is 17.2. The second-order valence-electron chi connectivity index (χ2n) is 10.6. The Hall–Kier alpha value is -3.04. The van der Waals surface area contributed by atoms with E-state index in [4.69, 9.17) is 9.47 Å². The molecule has 11 heteroatoms. The lowest BCUT2D eigenvalue weighted by Crippen LogP contribution is -2.60. The minimum atomic E-state index is -0.637. The van der Waals surface area contributed by atoms with Crippen LogP contribution in [0.25, 0.3) is 0 Å². The Bertz CT molecular complexity index is 1190. The summed E-state index contributed by atoms with van der Waals surface area (Å²) in [5.74, 6) is -0.262. The van der Waals surface area contributed by atoms with Gasteiger partial charge in [0.2, 0.25) is 11.8 Å². The molecule has 2 aromatic rings. The summed E-state index contributed by atoms with van der Waals surface area (Å²) in [7, 11) is 6.54. The van der Waals surface area contributed by atoms with Crippen LogP contribution in [0, 0.1) is 0 Å². The summed E-state index contributed by atoms with van der Waals surface area (Å²) in [5.41, 5.74) is 3.62. The Morgan fingerprint density at radius 1 is 1.08 bits per heavy atom. The summed E-state index contributed by atoms with van der Waals surface area (Å²) in [6, 6.07) is 13.5. The summed E-state index contributed by atoms with van der Waals surface area (Å²) in [5, 5.41) is 2.34. The van der Waals surface area contributed by atoms with Crippen LogP contribution in [-0.2, 0) is 34.0 Å². The van der Waals surface area contributed by atoms with E-state index in [9.17, 15) is 14.4 Å². The predicted octanol–water partition coefficient (Wildman–Crippen LogP) is -1.26. The summed E-state index contributed by atoms with van der Waals surface area (Å²) in [6.45, 7) is 3.18. The van der Waals surface area contributed by atoms with Crippen molar-refractivity contribution in [1.29, 1.82) is 0 Å². The lowest BCUT2D eigenvalue weighted by Gasteiger charge is -2.45. The summed E-state index contributed by atoms with van der Waals surface area (Å²) in [4.78, 5) is 40.8. The van der Waals surface area contributed by atoms with Crippen LogP contribution in [0.15, 0.2) is 42.5 Å². The fraction of sp³-hybridized carbons (Fsp3) is 0.400. The molecule has 2 aromatic carbocycles. The van der Waals surface area contributed by atoms with Crippen LogP contribution in [0.5, 0.6) is 5.75 Å². The number of rotatable bonds is 6. The SMILES string of the molecule is BC1CN(Cc2ccc(COc3cccc4c3CN(C3CCC(=O)NC3=O)C4=O)cc2)C(B)(B)CO1. The molecule has 0 aromatic heterocycles. The molecule has 2 fully saturated rings. The Morgan fingerprint density at radius 2 is 1.83 bits per heavy atom. The van der Waals surface area contributed by atoms with Crippen molar-refractivity contribution in [2.24, 2.45) is 0 Å². The van der Waals surface area contributed by atoms with Crippen LogP contribution in [0.3, 0.4) is 0 Å². The van der Waals surface area contributed by atoms with Crippen LogP contribution in [0.4, 0.5) is 0 Å². The number of ether oxygens (including phenoxy) is 2. The first-order valence-corrected chi connectivity index (χ1v) is 12.5. The highest BCUT2D eigenvalue weighted by Crippen LogP contribution is 2.34. The van der Waals surface area contributed by atoms with Gasteiger partial charge >= 0.3 is 0 Å². The molecule has 0 aliphatic carbocycles. The molecule has 2 saturated heterocycles. The number of morpholine rings is 1. The molecule has 3 heterocycles. The van der Waals surface area contributed by atoms with Crippen molar-refractivity contribution in [2.75, 3.05) is 13.2 Å². The van der Waals surface area contributed by atoms with Crippen molar-refractivity contribution in [3.63, 3.8) is 0 Å². The lowest BCUT2D eigenvalue weighted by molar-refractivity contribution is -0.136. The Kier molecular flexibility index (Phi) is 6.70. The zero-order valence-electron chi connectivity index (χ0n) is 21.1. The van der Waals surface area contributed by atoms with E-state index in [0.29, 0.717) is 30.9 Å². The Balaban J connectivity index is 1.23. The average Bonchev–Trinajstić information content (AvgIpc) is 3.18. The summed E-state index contributed by atoms with van der Waals surface area (Å²) < 4.78 is 12.0. The topological polar surface area (TPSA) is 88.2 Å². The fourth-order valence-corrected chi connectivity index (χ4v) is 5.14. The third-order valence-electron chi connectivity index (χ3n) is 7.38. The molecule has 0 spiro atoms. The maximum atomic E-state index is 13.0. The number of nitrogens with one attached hydrogen (secondary N) is 1. The standard InChI is InChI=1S/C25H30B3N3O5/c26-21-12-30(25(27,28)14-36-21)10-15-4-6-16(7-5-15)13-35-20-3-1-2-17-18(20)11-31(24(17)34)19-8-9-22(32)29-23(19)33/h1-7,19,21H,8-14,26-28H2,(H,29,32,33). The number of imide groups is 1. The molecule has 2 unspecified atom stereocenters. The Morgan fingerprint density at radius 3 is 2.58 bits per heavy atom. The van der Waals surface area contributed by atoms with E-state index >= 15 is 0 Å². The molecule has 0 bridgehead atoms. The van der Waals surface area contributed by atoms with Crippen LogP contribution in [0.2, 0.25) is 0 Å². The summed E-state index contributed by atoms with van der Waals surface area (Å²) in [6.07, 6.45) is 0.575. The van der Waals surface area contributed by atoms with Crippen molar-refractivity contribution >= 4 is 41.3 Å². The van der Waals surface area contributed by atoms with Gasteiger partial charge < -0.3 is 19.3 Å². The van der Waals surface area contributed by atoms with E-state index in [2.05, 4.69) is 58.0 Å². The van der Waals surface area contributed by atoms with Gasteiger partial charge in [-0.2, -0.15) is 0 Å². The zero-order valence-corrected chi connectivity index (χ0v) is 21.1. The monoisotopic (exact) mass is 485 g/mol. The van der Waals surface area contributed by atoms with Gasteiger partial charge in [0.25, 0.3) is 5.91 Å². The van der Waals surface area contributed by atoms with E-state index in [0.717, 1.165) is 30.8 Å². The number of piperidine rings is 1. The molecule has 36 heavy (non-hydrogen) atoms. The van der Waals surface area contributed by atoms with Gasteiger partial charge in [0.1, 0.15) is 41.9 Å². The summed E-state index contributed by atoms with van der Waals surface area (Å²) >= 11 is 0. The highest BCUT2D eigenvalue weighted by atomic mass is 16.5. The highest BCUT2D eigenvalue weighted by Gasteiger charge is 2.40. The molecule has 8 nitrogen and oxygen atoms in total. The van der Waals surface area contributed by atoms with Crippen LogP contribution in [0.1, 0.15) is 39.9 Å². The van der Waals surface area contributed by atoms with Gasteiger partial charge in [-0.25, -0.2) is 0 Å². The normalized spacial score (nSPS) is 23.9. The molecular formula is C25H30B3N3O5. The number of carbonyl (C=O) groups is 3. The molecule has 2 atom stereocenters. The molecule has 0 radical (unpaired) electrons. The molecule has 0 saturated carbocycles. The van der Waals surface area contributed by atoms with Crippen molar-refractivity contribution in [2.45, 2.75) is 49.9 Å². The van der Waals surface area contributed by atoms with Crippen LogP contribution in [-0.4, -0.2) is 81.6 Å². The minimum absolute atomic E-state index is 0.00112. The van der Waals surface area contributed by atoms with Gasteiger partial charge in [-0.05, 0) is 35.0 Å². The van der Waals surface area contributed by atoms with Gasteiger partial charge in [0.05, 0.1) is 6.54 Å². The molecule has 5 rings (SSSR count). The molecule has 3 aliphatic rings. The quantitative estimate of drug-likeness (QED) is 0.407. The molecule has 1 N–H and O–H groups in total. The molecule has 3 aliphatic heterocycles. The second-order valence-corrected chi connectivity index (χ2v) is 10.6. The molecular weight excluding hydrogens is 455 g/mol. The number of hydrogen-bond donors (Lipinski definition) is 1. The zero-order chi connectivity index (χ0) is 25.4. The van der Waals surface area contributed by atoms with E-state index in [-0.39, 0.29) is 29.6 Å². The van der Waals surface area contributed by atoms with E-state index in [1.54, 1.807) is 17.0 Å². The third-order valence-corrected chi connectivity index (χ3v) is 7.38. The predicted molar refractivity (Wildman–Crippen MR) is 142 cm³/mol. The fourth-order valence-electron chi connectivity index (χ4n) is 5.14. The third kappa shape index (κ3) is 4.95. The number of carbonyl (C=O) groups excluding carboxylic acids is 3. The first-order valence-electron chi connectivity index (χ1n) is 12.5. The maximum absolute atomic E-state index is 13.0. The van der Waals surface area contributed by atoms with Gasteiger partial charge in [-0.3, -0.25) is 19.7 Å². The van der Waals surface area contributed by atoms with E-state index < -0.39 is 11.9 Å². The van der Waals surface area contributed by atoms with E-state index in [1.807, 2.05) is 6.07 Å². The van der Waals surface area contributed by atoms with Crippen molar-refractivity contribution in [1.82, 2.24) is 15.1 Å². The number of hydrogen-bond acceptors (Lipinski definition) is 6. The van der Waals surface area contributed by atoms with Crippen LogP contribution >= 0.6 is 0 Å². The first kappa shape index (κ1) is 24.7. The highest BCUT2D eigenvalue weighted by molar-refractivity contribution is 6.40. The van der Waals surface area contributed by atoms with Crippen molar-refractivity contribution in [3.05, 3.63) is 64.7 Å². The average molecular weight is 485 g/mol. The number of benzene rings is 2. The van der Waals surface area contributed by atoms with Crippen molar-refractivity contribution in [3.8, 4) is 5.75 Å². The second kappa shape index (κ2) is 9.79. The minimum Gasteiger partial charge on any atom is -0.489 e.